The number of rotatable bonds is 14. The third-order valence-corrected chi connectivity index (χ3v) is 10.5. The lowest BCUT2D eigenvalue weighted by molar-refractivity contribution is -0.140. The molecular formula is C37H41Cl2N3O4S. The monoisotopic (exact) mass is 693 g/mol. The Labute approximate surface area is 288 Å². The first kappa shape index (κ1) is 36.0. The summed E-state index contributed by atoms with van der Waals surface area (Å²) in [5.41, 5.74) is 2.77. The standard InChI is InChI=1S/C37H41Cl2N3O4S/c1-5-27(4)40-37(44)35(22-28-12-8-6-9-13-28)41(24-30-16-19-31(38)23-34(30)39)36(43)25-42(32-20-17-29(18-21-32)26(2)3)47(45,46)33-14-10-7-11-15-33/h6-21,23,26-27,35H,5,22,24-25H2,1-4H3,(H,40,44)/t27-,35-/m1/s1. The van der Waals surface area contributed by atoms with Crippen LogP contribution in [0.3, 0.4) is 0 Å². The molecule has 47 heavy (non-hydrogen) atoms. The van der Waals surface area contributed by atoms with Gasteiger partial charge in [0.2, 0.25) is 11.8 Å². The topological polar surface area (TPSA) is 86.8 Å². The van der Waals surface area contributed by atoms with Gasteiger partial charge in [-0.2, -0.15) is 0 Å². The van der Waals surface area contributed by atoms with Crippen LogP contribution >= 0.6 is 23.2 Å². The van der Waals surface area contributed by atoms with Gasteiger partial charge in [0.25, 0.3) is 10.0 Å². The number of amides is 2. The van der Waals surface area contributed by atoms with Gasteiger partial charge in [0, 0.05) is 29.1 Å². The minimum Gasteiger partial charge on any atom is -0.352 e. The molecule has 248 valence electrons. The second kappa shape index (κ2) is 16.3. The molecule has 0 saturated heterocycles. The van der Waals surface area contributed by atoms with E-state index in [4.69, 9.17) is 23.2 Å². The first-order valence-corrected chi connectivity index (χ1v) is 17.9. The molecule has 0 heterocycles. The summed E-state index contributed by atoms with van der Waals surface area (Å²) < 4.78 is 29.5. The van der Waals surface area contributed by atoms with Gasteiger partial charge in [-0.3, -0.25) is 13.9 Å². The second-order valence-electron chi connectivity index (χ2n) is 11.9. The molecule has 0 unspecified atom stereocenters. The minimum absolute atomic E-state index is 0.0448. The molecule has 0 aliphatic heterocycles. The third-order valence-electron chi connectivity index (χ3n) is 8.09. The second-order valence-corrected chi connectivity index (χ2v) is 14.6. The van der Waals surface area contributed by atoms with Crippen molar-refractivity contribution < 1.29 is 18.0 Å². The SMILES string of the molecule is CC[C@@H](C)NC(=O)[C@@H](Cc1ccccc1)N(Cc1ccc(Cl)cc1Cl)C(=O)CN(c1ccc(C(C)C)cc1)S(=O)(=O)c1ccccc1. The summed E-state index contributed by atoms with van der Waals surface area (Å²) in [7, 11) is -4.19. The Morgan fingerprint density at radius 1 is 0.830 bits per heavy atom. The van der Waals surface area contributed by atoms with Crippen LogP contribution in [-0.4, -0.2) is 43.8 Å². The van der Waals surface area contributed by atoms with Crippen molar-refractivity contribution in [2.75, 3.05) is 10.8 Å². The molecule has 0 radical (unpaired) electrons. The molecule has 1 N–H and O–H groups in total. The smallest absolute Gasteiger partial charge is 0.264 e. The number of nitrogens with zero attached hydrogens (tertiary/aromatic N) is 2. The first-order valence-electron chi connectivity index (χ1n) is 15.7. The zero-order chi connectivity index (χ0) is 34.1. The van der Waals surface area contributed by atoms with E-state index in [0.717, 1.165) is 15.4 Å². The summed E-state index contributed by atoms with van der Waals surface area (Å²) in [4.78, 5) is 30.1. The van der Waals surface area contributed by atoms with Crippen molar-refractivity contribution in [1.82, 2.24) is 10.2 Å². The van der Waals surface area contributed by atoms with E-state index in [2.05, 4.69) is 5.32 Å². The van der Waals surface area contributed by atoms with Crippen LogP contribution in [-0.2, 0) is 32.6 Å². The Morgan fingerprint density at radius 3 is 2.02 bits per heavy atom. The quantitative estimate of drug-likeness (QED) is 0.146. The molecule has 4 aromatic rings. The number of carbonyl (C=O) groups is 2. The summed E-state index contributed by atoms with van der Waals surface area (Å²) in [6, 6.07) is 28.4. The Hall–Kier alpha value is -3.85. The molecule has 0 aliphatic carbocycles. The van der Waals surface area contributed by atoms with Crippen LogP contribution in [0.25, 0.3) is 0 Å². The van der Waals surface area contributed by atoms with Crippen LogP contribution < -0.4 is 9.62 Å². The van der Waals surface area contributed by atoms with Crippen molar-refractivity contribution in [3.8, 4) is 0 Å². The molecule has 0 aliphatic rings. The number of halogens is 2. The van der Waals surface area contributed by atoms with Gasteiger partial charge in [0.15, 0.2) is 0 Å². The van der Waals surface area contributed by atoms with Gasteiger partial charge in [-0.15, -0.1) is 0 Å². The van der Waals surface area contributed by atoms with E-state index in [1.807, 2.05) is 70.2 Å². The highest BCUT2D eigenvalue weighted by molar-refractivity contribution is 7.92. The van der Waals surface area contributed by atoms with Crippen molar-refractivity contribution in [3.63, 3.8) is 0 Å². The fraction of sp³-hybridized carbons (Fsp3) is 0.297. The maximum absolute atomic E-state index is 14.6. The number of sulfonamides is 1. The molecule has 7 nitrogen and oxygen atoms in total. The van der Waals surface area contributed by atoms with Crippen LogP contribution in [0, 0.1) is 0 Å². The average Bonchev–Trinajstić information content (AvgIpc) is 3.06. The van der Waals surface area contributed by atoms with E-state index in [0.29, 0.717) is 27.7 Å². The molecule has 4 aromatic carbocycles. The summed E-state index contributed by atoms with van der Waals surface area (Å²) in [6.07, 6.45) is 0.894. The number of benzene rings is 4. The lowest BCUT2D eigenvalue weighted by Crippen LogP contribution is -2.54. The van der Waals surface area contributed by atoms with Gasteiger partial charge in [0.1, 0.15) is 12.6 Å². The fourth-order valence-electron chi connectivity index (χ4n) is 5.10. The van der Waals surface area contributed by atoms with Crippen LogP contribution in [0.1, 0.15) is 56.7 Å². The van der Waals surface area contributed by atoms with Crippen molar-refractivity contribution in [2.24, 2.45) is 0 Å². The molecule has 0 saturated carbocycles. The number of carbonyl (C=O) groups excluding carboxylic acids is 2. The summed E-state index contributed by atoms with van der Waals surface area (Å²) in [6.45, 7) is 7.36. The van der Waals surface area contributed by atoms with E-state index < -0.39 is 28.5 Å². The van der Waals surface area contributed by atoms with Gasteiger partial charge in [0.05, 0.1) is 10.6 Å². The van der Waals surface area contributed by atoms with Crippen molar-refractivity contribution in [3.05, 3.63) is 130 Å². The van der Waals surface area contributed by atoms with Crippen LogP contribution in [0.2, 0.25) is 10.0 Å². The first-order chi connectivity index (χ1) is 22.4. The van der Waals surface area contributed by atoms with E-state index >= 15 is 0 Å². The van der Waals surface area contributed by atoms with E-state index in [1.165, 1.54) is 17.0 Å². The molecule has 0 bridgehead atoms. The van der Waals surface area contributed by atoms with E-state index in [9.17, 15) is 18.0 Å². The van der Waals surface area contributed by atoms with E-state index in [-0.39, 0.29) is 35.7 Å². The normalized spacial score (nSPS) is 12.7. The predicted molar refractivity (Wildman–Crippen MR) is 190 cm³/mol. The number of hydrogen-bond acceptors (Lipinski definition) is 4. The minimum atomic E-state index is -4.19. The van der Waals surface area contributed by atoms with E-state index in [1.54, 1.807) is 48.5 Å². The van der Waals surface area contributed by atoms with Crippen LogP contribution in [0.15, 0.2) is 108 Å². The lowest BCUT2D eigenvalue weighted by Gasteiger charge is -2.34. The molecule has 10 heteroatoms. The number of nitrogens with one attached hydrogen (secondary N) is 1. The average molecular weight is 695 g/mol. The van der Waals surface area contributed by atoms with Gasteiger partial charge < -0.3 is 10.2 Å². The zero-order valence-corrected chi connectivity index (χ0v) is 29.4. The lowest BCUT2D eigenvalue weighted by atomic mass is 10.0. The molecular weight excluding hydrogens is 653 g/mol. The van der Waals surface area contributed by atoms with Gasteiger partial charge in [-0.25, -0.2) is 8.42 Å². The molecule has 0 fully saturated rings. The molecule has 0 aromatic heterocycles. The molecule has 0 spiro atoms. The number of hydrogen-bond donors (Lipinski definition) is 1. The fourth-order valence-corrected chi connectivity index (χ4v) is 7.01. The van der Waals surface area contributed by atoms with Crippen LogP contribution in [0.5, 0.6) is 0 Å². The Morgan fingerprint density at radius 2 is 1.45 bits per heavy atom. The number of anilines is 1. The highest BCUT2D eigenvalue weighted by Gasteiger charge is 2.35. The maximum Gasteiger partial charge on any atom is 0.264 e. The summed E-state index contributed by atoms with van der Waals surface area (Å²) in [5, 5.41) is 3.79. The summed E-state index contributed by atoms with van der Waals surface area (Å²) in [5.74, 6) is -0.684. The maximum atomic E-state index is 14.6. The summed E-state index contributed by atoms with van der Waals surface area (Å²) >= 11 is 12.8. The zero-order valence-electron chi connectivity index (χ0n) is 27.1. The predicted octanol–water partition coefficient (Wildman–Crippen LogP) is 7.87. The third kappa shape index (κ3) is 9.37. The van der Waals surface area contributed by atoms with Gasteiger partial charge >= 0.3 is 0 Å². The molecule has 4 rings (SSSR count). The van der Waals surface area contributed by atoms with Crippen molar-refractivity contribution in [1.29, 1.82) is 0 Å². The van der Waals surface area contributed by atoms with Gasteiger partial charge in [-0.05, 0) is 72.4 Å². The molecule has 2 atom stereocenters. The Bertz CT molecular complexity index is 1750. The highest BCUT2D eigenvalue weighted by atomic mass is 35.5. The largest absolute Gasteiger partial charge is 0.352 e. The van der Waals surface area contributed by atoms with Crippen molar-refractivity contribution >= 4 is 50.7 Å². The van der Waals surface area contributed by atoms with Gasteiger partial charge in [-0.1, -0.05) is 111 Å². The van der Waals surface area contributed by atoms with Crippen LogP contribution in [0.4, 0.5) is 5.69 Å². The Kier molecular flexibility index (Phi) is 12.5. The highest BCUT2D eigenvalue weighted by Crippen LogP contribution is 2.28. The van der Waals surface area contributed by atoms with Crippen molar-refractivity contribution in [2.45, 2.75) is 70.0 Å². The molecule has 2 amide bonds. The Balaban J connectivity index is 1.83.